The van der Waals surface area contributed by atoms with Crippen LogP contribution in [0, 0.1) is 5.41 Å². The molecule has 1 aromatic heterocycles. The number of methoxy groups -OCH3 is 1. The van der Waals surface area contributed by atoms with Crippen molar-refractivity contribution in [2.45, 2.75) is 52.0 Å². The Morgan fingerprint density at radius 2 is 2.24 bits per heavy atom. The normalized spacial score (nSPS) is 23.1. The summed E-state index contributed by atoms with van der Waals surface area (Å²) in [6, 6.07) is 1.60. The number of carbonyl (C=O) groups is 1. The largest absolute Gasteiger partial charge is 0.453 e. The number of aromatic nitrogens is 1. The Hall–Kier alpha value is -1.72. The number of aromatic amines is 1. The molecule has 0 radical (unpaired) electrons. The van der Waals surface area contributed by atoms with Crippen LogP contribution in [0.4, 0.5) is 4.79 Å². The second kappa shape index (κ2) is 5.95. The summed E-state index contributed by atoms with van der Waals surface area (Å²) < 4.78 is 10.1. The molecule has 1 aliphatic rings. The molecule has 0 aliphatic carbocycles. The predicted molar refractivity (Wildman–Crippen MR) is 78.3 cm³/mol. The van der Waals surface area contributed by atoms with Gasteiger partial charge in [0.25, 0.3) is 5.56 Å². The van der Waals surface area contributed by atoms with Gasteiger partial charge in [-0.25, -0.2) is 4.79 Å². The highest BCUT2D eigenvalue weighted by atomic mass is 16.5. The van der Waals surface area contributed by atoms with Gasteiger partial charge in [-0.2, -0.15) is 5.16 Å². The fourth-order valence-electron chi connectivity index (χ4n) is 3.07. The number of hydrogen-bond acceptors (Lipinski definition) is 4. The molecule has 2 heterocycles. The van der Waals surface area contributed by atoms with Crippen molar-refractivity contribution >= 4 is 6.09 Å². The standard InChI is InChI=1S/C15H24N2O4/c1-15(2,3)9-11-7-10(12-8-13(18)16-21-12)5-6-17(11)14(19)20-4/h8,10-11H,5-7,9H2,1-4H3,(H,16,18)/t10-,11-/m1/s1. The summed E-state index contributed by atoms with van der Waals surface area (Å²) in [6.07, 6.45) is 2.16. The van der Waals surface area contributed by atoms with Crippen LogP contribution in [0.1, 0.15) is 51.7 Å². The molecule has 6 nitrogen and oxygen atoms in total. The van der Waals surface area contributed by atoms with Crippen LogP contribution >= 0.6 is 0 Å². The summed E-state index contributed by atoms with van der Waals surface area (Å²) in [5.41, 5.74) is -0.106. The molecule has 2 atom stereocenters. The van der Waals surface area contributed by atoms with Gasteiger partial charge in [-0.15, -0.1) is 0 Å². The van der Waals surface area contributed by atoms with E-state index in [0.29, 0.717) is 12.3 Å². The first-order valence-electron chi connectivity index (χ1n) is 7.33. The summed E-state index contributed by atoms with van der Waals surface area (Å²) in [6.45, 7) is 7.08. The number of amides is 1. The van der Waals surface area contributed by atoms with Crippen molar-refractivity contribution in [3.63, 3.8) is 0 Å². The monoisotopic (exact) mass is 296 g/mol. The third-order valence-corrected chi connectivity index (χ3v) is 3.92. The maximum absolute atomic E-state index is 11.9. The minimum absolute atomic E-state index is 0.0939. The van der Waals surface area contributed by atoms with Gasteiger partial charge >= 0.3 is 6.09 Å². The third-order valence-electron chi connectivity index (χ3n) is 3.92. The summed E-state index contributed by atoms with van der Waals surface area (Å²) in [4.78, 5) is 25.0. The Morgan fingerprint density at radius 3 is 2.76 bits per heavy atom. The number of piperidine rings is 1. The highest BCUT2D eigenvalue weighted by molar-refractivity contribution is 5.68. The molecule has 0 spiro atoms. The van der Waals surface area contributed by atoms with E-state index in [4.69, 9.17) is 9.26 Å². The van der Waals surface area contributed by atoms with Crippen LogP contribution in [-0.4, -0.2) is 35.8 Å². The summed E-state index contributed by atoms with van der Waals surface area (Å²) in [5, 5.41) is 2.34. The first kappa shape index (κ1) is 15.7. The van der Waals surface area contributed by atoms with Crippen molar-refractivity contribution in [3.05, 3.63) is 22.2 Å². The highest BCUT2D eigenvalue weighted by Gasteiger charge is 2.36. The molecule has 0 bridgehead atoms. The maximum Gasteiger partial charge on any atom is 0.409 e. The van der Waals surface area contributed by atoms with E-state index in [1.807, 2.05) is 0 Å². The van der Waals surface area contributed by atoms with Gasteiger partial charge in [0, 0.05) is 24.6 Å². The minimum Gasteiger partial charge on any atom is -0.453 e. The first-order valence-corrected chi connectivity index (χ1v) is 7.33. The molecule has 1 fully saturated rings. The van der Waals surface area contributed by atoms with Gasteiger partial charge in [0.15, 0.2) is 0 Å². The average Bonchev–Trinajstić information content (AvgIpc) is 2.82. The number of nitrogens with one attached hydrogen (secondary N) is 1. The highest BCUT2D eigenvalue weighted by Crippen LogP contribution is 2.36. The lowest BCUT2D eigenvalue weighted by molar-refractivity contribution is 0.0669. The number of hydrogen-bond donors (Lipinski definition) is 1. The van der Waals surface area contributed by atoms with Crippen LogP contribution in [0.25, 0.3) is 0 Å². The SMILES string of the molecule is COC(=O)N1CC[C@@H](c2cc(=O)[nH]o2)C[C@@H]1CC(C)(C)C. The van der Waals surface area contributed by atoms with E-state index in [1.54, 1.807) is 4.90 Å². The van der Waals surface area contributed by atoms with E-state index in [1.165, 1.54) is 13.2 Å². The Balaban J connectivity index is 2.16. The average molecular weight is 296 g/mol. The number of carbonyl (C=O) groups excluding carboxylic acids is 1. The molecule has 1 saturated heterocycles. The number of rotatable bonds is 2. The van der Waals surface area contributed by atoms with Crippen LogP contribution in [0.2, 0.25) is 0 Å². The van der Waals surface area contributed by atoms with Crippen LogP contribution in [0.3, 0.4) is 0 Å². The van der Waals surface area contributed by atoms with Gasteiger partial charge < -0.3 is 14.2 Å². The molecule has 0 unspecified atom stereocenters. The van der Waals surface area contributed by atoms with Gasteiger partial charge in [-0.3, -0.25) is 4.79 Å². The zero-order chi connectivity index (χ0) is 15.6. The molecule has 1 amide bonds. The van der Waals surface area contributed by atoms with Crippen LogP contribution in [0.5, 0.6) is 0 Å². The zero-order valence-electron chi connectivity index (χ0n) is 13.1. The van der Waals surface area contributed by atoms with Gasteiger partial charge in [-0.1, -0.05) is 20.8 Å². The Kier molecular flexibility index (Phi) is 4.44. The van der Waals surface area contributed by atoms with Crippen LogP contribution in [0.15, 0.2) is 15.4 Å². The number of ether oxygens (including phenoxy) is 1. The lowest BCUT2D eigenvalue weighted by atomic mass is 9.80. The molecule has 0 saturated carbocycles. The molecular formula is C15H24N2O4. The number of nitrogens with zero attached hydrogens (tertiary/aromatic N) is 1. The summed E-state index contributed by atoms with van der Waals surface area (Å²) in [7, 11) is 1.41. The van der Waals surface area contributed by atoms with Crippen molar-refractivity contribution in [2.75, 3.05) is 13.7 Å². The van der Waals surface area contributed by atoms with E-state index in [9.17, 15) is 9.59 Å². The molecule has 21 heavy (non-hydrogen) atoms. The topological polar surface area (TPSA) is 75.5 Å². The van der Waals surface area contributed by atoms with Gasteiger partial charge in [0.1, 0.15) is 5.76 Å². The van der Waals surface area contributed by atoms with Crippen molar-refractivity contribution in [3.8, 4) is 0 Å². The second-order valence-corrected chi connectivity index (χ2v) is 6.92. The molecule has 2 rings (SSSR count). The maximum atomic E-state index is 11.9. The van der Waals surface area contributed by atoms with Crippen LogP contribution in [-0.2, 0) is 4.74 Å². The van der Waals surface area contributed by atoms with E-state index < -0.39 is 0 Å². The molecular weight excluding hydrogens is 272 g/mol. The third kappa shape index (κ3) is 3.89. The Morgan fingerprint density at radius 1 is 1.52 bits per heavy atom. The van der Waals surface area contributed by atoms with Gasteiger partial charge in [0.05, 0.1) is 7.11 Å². The number of likely N-dealkylation sites (tertiary alicyclic amines) is 1. The molecule has 6 heteroatoms. The quantitative estimate of drug-likeness (QED) is 0.910. The molecule has 1 N–H and O–H groups in total. The zero-order valence-corrected chi connectivity index (χ0v) is 13.1. The lowest BCUT2D eigenvalue weighted by Crippen LogP contribution is -2.47. The van der Waals surface area contributed by atoms with Gasteiger partial charge in [-0.05, 0) is 24.7 Å². The molecule has 118 valence electrons. The second-order valence-electron chi connectivity index (χ2n) is 6.92. The Bertz CT molecular complexity index is 540. The summed E-state index contributed by atoms with van der Waals surface area (Å²) in [5.74, 6) is 0.848. The predicted octanol–water partition coefficient (Wildman–Crippen LogP) is 2.72. The fraction of sp³-hybridized carbons (Fsp3) is 0.733. The van der Waals surface area contributed by atoms with Gasteiger partial charge in [0.2, 0.25) is 0 Å². The van der Waals surface area contributed by atoms with E-state index in [0.717, 1.165) is 19.3 Å². The van der Waals surface area contributed by atoms with E-state index >= 15 is 0 Å². The van der Waals surface area contributed by atoms with Crippen molar-refractivity contribution in [2.24, 2.45) is 5.41 Å². The van der Waals surface area contributed by atoms with Crippen LogP contribution < -0.4 is 5.56 Å². The van der Waals surface area contributed by atoms with Crippen molar-refractivity contribution in [1.29, 1.82) is 0 Å². The van der Waals surface area contributed by atoms with E-state index in [2.05, 4.69) is 25.9 Å². The summed E-state index contributed by atoms with van der Waals surface area (Å²) >= 11 is 0. The molecule has 1 aromatic rings. The van der Waals surface area contributed by atoms with Crippen molar-refractivity contribution < 1.29 is 14.1 Å². The Labute approximate surface area is 124 Å². The minimum atomic E-state index is -0.279. The number of H-pyrrole nitrogens is 1. The fourth-order valence-corrected chi connectivity index (χ4v) is 3.07. The first-order chi connectivity index (χ1) is 9.80. The molecule has 0 aromatic carbocycles. The lowest BCUT2D eigenvalue weighted by Gasteiger charge is -2.40. The molecule has 1 aliphatic heterocycles. The smallest absolute Gasteiger partial charge is 0.409 e. The van der Waals surface area contributed by atoms with E-state index in [-0.39, 0.29) is 29.0 Å². The van der Waals surface area contributed by atoms with Crippen molar-refractivity contribution in [1.82, 2.24) is 10.1 Å².